The number of rotatable bonds is 5. The van der Waals surface area contributed by atoms with Crippen molar-refractivity contribution in [3.8, 4) is 17.1 Å². The van der Waals surface area contributed by atoms with E-state index in [1.165, 1.54) is 24.1 Å². The summed E-state index contributed by atoms with van der Waals surface area (Å²) in [5, 5.41) is 13.0. The Bertz CT molecular complexity index is 1040. The van der Waals surface area contributed by atoms with E-state index in [0.717, 1.165) is 49.4 Å². The van der Waals surface area contributed by atoms with Crippen molar-refractivity contribution in [2.24, 2.45) is 12.5 Å². The monoisotopic (exact) mass is 418 g/mol. The highest BCUT2D eigenvalue weighted by molar-refractivity contribution is 5.60. The first-order valence-electron chi connectivity index (χ1n) is 11.1. The van der Waals surface area contributed by atoms with E-state index in [4.69, 9.17) is 4.74 Å². The zero-order chi connectivity index (χ0) is 21.4. The first kappa shape index (κ1) is 20.1. The molecule has 2 aliphatic rings. The molecular formula is C24H30N6O. The van der Waals surface area contributed by atoms with Crippen molar-refractivity contribution in [3.05, 3.63) is 53.6 Å². The fourth-order valence-electron chi connectivity index (χ4n) is 5.03. The molecular weight excluding hydrogens is 388 g/mol. The fourth-order valence-corrected chi connectivity index (χ4v) is 5.03. The van der Waals surface area contributed by atoms with E-state index in [1.54, 1.807) is 4.68 Å². The summed E-state index contributed by atoms with van der Waals surface area (Å²) in [5.41, 5.74) is 5.73. The van der Waals surface area contributed by atoms with E-state index in [2.05, 4.69) is 38.2 Å². The Morgan fingerprint density at radius 2 is 1.90 bits per heavy atom. The topological polar surface area (TPSA) is 69.0 Å². The highest BCUT2D eigenvalue weighted by Gasteiger charge is 2.47. The van der Waals surface area contributed by atoms with Gasteiger partial charge in [-0.05, 0) is 75.7 Å². The third-order valence-corrected chi connectivity index (χ3v) is 6.95. The standard InChI is InChI=1S/C24H30N6O/c1-17-5-4-10-25-22(17)16-30-11-8-24(9-12-30)13-19(14-24)31-23-7-6-21(26-27-23)20-15-29(3)28-18(20)2/h4-7,10,15,19H,8-9,11-14,16H2,1-3H3. The lowest BCUT2D eigenvalue weighted by Gasteiger charge is -2.51. The van der Waals surface area contributed by atoms with E-state index in [9.17, 15) is 0 Å². The SMILES string of the molecule is Cc1cccnc1CN1CCC2(CC1)CC(Oc1ccc(-c3cn(C)nc3C)nn1)C2. The summed E-state index contributed by atoms with van der Waals surface area (Å²) in [7, 11) is 1.91. The molecule has 0 unspecified atom stereocenters. The van der Waals surface area contributed by atoms with Crippen LogP contribution in [0.3, 0.4) is 0 Å². The smallest absolute Gasteiger partial charge is 0.233 e. The molecule has 0 bridgehead atoms. The number of ether oxygens (including phenoxy) is 1. The van der Waals surface area contributed by atoms with Crippen molar-refractivity contribution < 1.29 is 4.74 Å². The van der Waals surface area contributed by atoms with E-state index < -0.39 is 0 Å². The summed E-state index contributed by atoms with van der Waals surface area (Å²) in [4.78, 5) is 7.10. The molecule has 7 heteroatoms. The lowest BCUT2D eigenvalue weighted by atomic mass is 9.61. The van der Waals surface area contributed by atoms with Gasteiger partial charge < -0.3 is 4.74 Å². The van der Waals surface area contributed by atoms with Gasteiger partial charge in [0.2, 0.25) is 5.88 Å². The molecule has 1 saturated heterocycles. The van der Waals surface area contributed by atoms with Crippen molar-refractivity contribution in [1.82, 2.24) is 29.9 Å². The number of nitrogens with zero attached hydrogens (tertiary/aromatic N) is 6. The van der Waals surface area contributed by atoms with Crippen LogP contribution in [0.15, 0.2) is 36.7 Å². The van der Waals surface area contributed by atoms with Crippen LogP contribution in [0.4, 0.5) is 0 Å². The fraction of sp³-hybridized carbons (Fsp3) is 0.500. The van der Waals surface area contributed by atoms with Gasteiger partial charge in [0.25, 0.3) is 0 Å². The minimum absolute atomic E-state index is 0.255. The predicted molar refractivity (Wildman–Crippen MR) is 119 cm³/mol. The molecule has 3 aromatic heterocycles. The summed E-state index contributed by atoms with van der Waals surface area (Å²) in [5.74, 6) is 0.619. The molecule has 0 radical (unpaired) electrons. The van der Waals surface area contributed by atoms with Crippen molar-refractivity contribution in [2.45, 2.75) is 52.2 Å². The maximum atomic E-state index is 6.12. The van der Waals surface area contributed by atoms with Crippen LogP contribution in [0.5, 0.6) is 5.88 Å². The molecule has 5 rings (SSSR count). The Kier molecular flexibility index (Phi) is 5.22. The average molecular weight is 419 g/mol. The molecule has 0 N–H and O–H groups in total. The van der Waals surface area contributed by atoms with Crippen molar-refractivity contribution in [2.75, 3.05) is 13.1 Å². The molecule has 3 aromatic rings. The van der Waals surface area contributed by atoms with Crippen LogP contribution in [0.25, 0.3) is 11.3 Å². The van der Waals surface area contributed by atoms with Gasteiger partial charge in [0.1, 0.15) is 6.10 Å². The van der Waals surface area contributed by atoms with Crippen molar-refractivity contribution in [3.63, 3.8) is 0 Å². The van der Waals surface area contributed by atoms with E-state index >= 15 is 0 Å². The first-order valence-corrected chi connectivity index (χ1v) is 11.1. The number of aryl methyl sites for hydroxylation is 3. The Morgan fingerprint density at radius 1 is 1.10 bits per heavy atom. The van der Waals surface area contributed by atoms with Gasteiger partial charge >= 0.3 is 0 Å². The second-order valence-electron chi connectivity index (χ2n) is 9.25. The maximum absolute atomic E-state index is 6.12. The predicted octanol–water partition coefficient (Wildman–Crippen LogP) is 3.71. The van der Waals surface area contributed by atoms with E-state index in [-0.39, 0.29) is 6.10 Å². The zero-order valence-electron chi connectivity index (χ0n) is 18.6. The van der Waals surface area contributed by atoms with Gasteiger partial charge in [-0.1, -0.05) is 6.07 Å². The summed E-state index contributed by atoms with van der Waals surface area (Å²) < 4.78 is 7.92. The number of hydrogen-bond donors (Lipinski definition) is 0. The van der Waals surface area contributed by atoms with Crippen molar-refractivity contribution in [1.29, 1.82) is 0 Å². The van der Waals surface area contributed by atoms with Gasteiger partial charge in [-0.25, -0.2) is 0 Å². The molecule has 0 aromatic carbocycles. The van der Waals surface area contributed by atoms with Crippen LogP contribution >= 0.6 is 0 Å². The number of piperidine rings is 1. The minimum atomic E-state index is 0.255. The summed E-state index contributed by atoms with van der Waals surface area (Å²) >= 11 is 0. The van der Waals surface area contributed by atoms with E-state index in [0.29, 0.717) is 11.3 Å². The molecule has 0 atom stereocenters. The Balaban J connectivity index is 1.11. The summed E-state index contributed by atoms with van der Waals surface area (Å²) in [6.07, 6.45) is 8.84. The number of pyridine rings is 1. The zero-order valence-corrected chi connectivity index (χ0v) is 18.6. The lowest BCUT2D eigenvalue weighted by molar-refractivity contribution is -0.0584. The van der Waals surface area contributed by atoms with Crippen LogP contribution in [-0.4, -0.2) is 49.1 Å². The van der Waals surface area contributed by atoms with Gasteiger partial charge in [0.05, 0.1) is 17.1 Å². The molecule has 162 valence electrons. The van der Waals surface area contributed by atoms with Gasteiger partial charge in [-0.2, -0.15) is 5.10 Å². The molecule has 31 heavy (non-hydrogen) atoms. The molecule has 1 spiro atoms. The highest BCUT2D eigenvalue weighted by Crippen LogP contribution is 2.50. The Morgan fingerprint density at radius 3 is 2.55 bits per heavy atom. The molecule has 4 heterocycles. The van der Waals surface area contributed by atoms with Gasteiger partial charge in [-0.3, -0.25) is 14.6 Å². The van der Waals surface area contributed by atoms with Crippen molar-refractivity contribution >= 4 is 0 Å². The first-order chi connectivity index (χ1) is 15.0. The molecule has 0 amide bonds. The van der Waals surface area contributed by atoms with E-state index in [1.807, 2.05) is 44.6 Å². The Labute approximate surface area is 183 Å². The lowest BCUT2D eigenvalue weighted by Crippen LogP contribution is -2.50. The minimum Gasteiger partial charge on any atom is -0.473 e. The molecule has 1 aliphatic carbocycles. The van der Waals surface area contributed by atoms with Crippen LogP contribution in [-0.2, 0) is 13.6 Å². The number of likely N-dealkylation sites (tertiary alicyclic amines) is 1. The summed E-state index contributed by atoms with van der Waals surface area (Å²) in [6.45, 7) is 7.37. The van der Waals surface area contributed by atoms with Crippen LogP contribution in [0.1, 0.15) is 42.6 Å². The number of hydrogen-bond acceptors (Lipinski definition) is 6. The second kappa shape index (κ2) is 8.04. The van der Waals surface area contributed by atoms with Gasteiger partial charge in [0, 0.05) is 37.6 Å². The second-order valence-corrected chi connectivity index (χ2v) is 9.25. The number of aromatic nitrogens is 5. The quantitative estimate of drug-likeness (QED) is 0.629. The largest absolute Gasteiger partial charge is 0.473 e. The highest BCUT2D eigenvalue weighted by atomic mass is 16.5. The van der Waals surface area contributed by atoms with Crippen LogP contribution in [0.2, 0.25) is 0 Å². The molecule has 2 fully saturated rings. The Hall–Kier alpha value is -2.80. The average Bonchev–Trinajstić information content (AvgIpc) is 3.08. The van der Waals surface area contributed by atoms with Gasteiger partial charge in [0.15, 0.2) is 0 Å². The van der Waals surface area contributed by atoms with Crippen LogP contribution in [0, 0.1) is 19.3 Å². The maximum Gasteiger partial charge on any atom is 0.233 e. The molecule has 1 aliphatic heterocycles. The third kappa shape index (κ3) is 4.19. The third-order valence-electron chi connectivity index (χ3n) is 6.95. The molecule has 1 saturated carbocycles. The van der Waals surface area contributed by atoms with Gasteiger partial charge in [-0.15, -0.1) is 10.2 Å². The summed E-state index contributed by atoms with van der Waals surface area (Å²) in [6, 6.07) is 8.06. The van der Waals surface area contributed by atoms with Crippen LogP contribution < -0.4 is 4.74 Å². The molecule has 7 nitrogen and oxygen atoms in total. The normalized spacial score (nSPS) is 18.8.